The van der Waals surface area contributed by atoms with Crippen LogP contribution in [0.4, 0.5) is 16.3 Å². The Labute approximate surface area is 170 Å². The molecule has 29 heavy (non-hydrogen) atoms. The van der Waals surface area contributed by atoms with Gasteiger partial charge in [0.15, 0.2) is 0 Å². The summed E-state index contributed by atoms with van der Waals surface area (Å²) < 4.78 is 5.02. The zero-order valence-corrected chi connectivity index (χ0v) is 17.1. The maximum atomic E-state index is 12.6. The number of carbonyl (C=O) groups is 2. The van der Waals surface area contributed by atoms with E-state index in [1.165, 1.54) is 11.9 Å². The number of amides is 2. The molecule has 2 N–H and O–H groups in total. The van der Waals surface area contributed by atoms with Gasteiger partial charge in [0.2, 0.25) is 0 Å². The molecule has 0 saturated carbocycles. The van der Waals surface area contributed by atoms with Gasteiger partial charge in [0.05, 0.1) is 6.61 Å². The van der Waals surface area contributed by atoms with Crippen LogP contribution in [0.1, 0.15) is 41.4 Å². The molecule has 154 valence electrons. The fourth-order valence-corrected chi connectivity index (χ4v) is 3.32. The van der Waals surface area contributed by atoms with Gasteiger partial charge in [-0.3, -0.25) is 4.79 Å². The van der Waals surface area contributed by atoms with Crippen molar-refractivity contribution in [2.24, 2.45) is 0 Å². The van der Waals surface area contributed by atoms with Gasteiger partial charge >= 0.3 is 6.09 Å². The molecule has 2 heterocycles. The van der Waals surface area contributed by atoms with Crippen molar-refractivity contribution < 1.29 is 14.3 Å². The summed E-state index contributed by atoms with van der Waals surface area (Å²) in [5.41, 5.74) is 3.53. The molecule has 1 aromatic heterocycles. The summed E-state index contributed by atoms with van der Waals surface area (Å²) in [6.07, 6.45) is 2.45. The molecule has 0 unspecified atom stereocenters. The first-order valence-electron chi connectivity index (χ1n) is 9.85. The number of hydrogen-bond donors (Lipinski definition) is 2. The number of likely N-dealkylation sites (tertiary alicyclic amines) is 1. The van der Waals surface area contributed by atoms with Gasteiger partial charge in [-0.1, -0.05) is 17.7 Å². The maximum absolute atomic E-state index is 12.6. The van der Waals surface area contributed by atoms with Crippen LogP contribution in [-0.2, 0) is 4.74 Å². The van der Waals surface area contributed by atoms with E-state index in [-0.39, 0.29) is 18.0 Å². The second-order valence-corrected chi connectivity index (χ2v) is 7.17. The number of anilines is 2. The number of benzene rings is 1. The number of carbonyl (C=O) groups excluding carboxylic acids is 2. The van der Waals surface area contributed by atoms with E-state index in [0.29, 0.717) is 44.0 Å². The number of nitrogens with zero attached hydrogens (tertiary/aromatic N) is 3. The molecule has 1 saturated heterocycles. The minimum atomic E-state index is -0.296. The standard InChI is InChI=1S/C21H27N5O3/c1-4-29-21(28)26-9-7-16(8-10-26)24-20(27)18-12-19(23-13-22-18)25-17-6-5-14(2)11-15(17)3/h5-6,11-13,16H,4,7-10H2,1-3H3,(H,24,27)(H,22,23,25). The van der Waals surface area contributed by atoms with Gasteiger partial charge in [-0.15, -0.1) is 0 Å². The van der Waals surface area contributed by atoms with Crippen molar-refractivity contribution >= 4 is 23.5 Å². The third-order valence-corrected chi connectivity index (χ3v) is 4.90. The Balaban J connectivity index is 1.58. The fraction of sp³-hybridized carbons (Fsp3) is 0.429. The predicted molar refractivity (Wildman–Crippen MR) is 110 cm³/mol. The van der Waals surface area contributed by atoms with Crippen molar-refractivity contribution in [1.29, 1.82) is 0 Å². The van der Waals surface area contributed by atoms with E-state index in [2.05, 4.69) is 26.7 Å². The minimum Gasteiger partial charge on any atom is -0.450 e. The van der Waals surface area contributed by atoms with E-state index in [1.807, 2.05) is 26.0 Å². The Bertz CT molecular complexity index is 878. The Morgan fingerprint density at radius 2 is 1.93 bits per heavy atom. The maximum Gasteiger partial charge on any atom is 0.409 e. The third kappa shape index (κ3) is 5.43. The number of piperidine rings is 1. The fourth-order valence-electron chi connectivity index (χ4n) is 3.32. The van der Waals surface area contributed by atoms with Gasteiger partial charge in [-0.05, 0) is 45.2 Å². The lowest BCUT2D eigenvalue weighted by molar-refractivity contribution is 0.0856. The van der Waals surface area contributed by atoms with Crippen molar-refractivity contribution in [1.82, 2.24) is 20.2 Å². The number of rotatable bonds is 5. The SMILES string of the molecule is CCOC(=O)N1CCC(NC(=O)c2cc(Nc3ccc(C)cc3C)ncn2)CC1. The molecule has 8 heteroatoms. The lowest BCUT2D eigenvalue weighted by atomic mass is 10.1. The molecule has 1 aromatic carbocycles. The molecule has 1 aliphatic heterocycles. The highest BCUT2D eigenvalue weighted by molar-refractivity contribution is 5.93. The number of aromatic nitrogens is 2. The van der Waals surface area contributed by atoms with Crippen LogP contribution in [0.15, 0.2) is 30.6 Å². The van der Waals surface area contributed by atoms with Crippen molar-refractivity contribution in [3.8, 4) is 0 Å². The monoisotopic (exact) mass is 397 g/mol. The van der Waals surface area contributed by atoms with Crippen LogP contribution in [0, 0.1) is 13.8 Å². The zero-order valence-electron chi connectivity index (χ0n) is 17.1. The van der Waals surface area contributed by atoms with Crippen LogP contribution < -0.4 is 10.6 Å². The largest absolute Gasteiger partial charge is 0.450 e. The van der Waals surface area contributed by atoms with Crippen molar-refractivity contribution in [2.45, 2.75) is 39.7 Å². The average Bonchev–Trinajstić information content (AvgIpc) is 2.71. The molecule has 1 fully saturated rings. The molecule has 0 atom stereocenters. The Hall–Kier alpha value is -3.16. The Morgan fingerprint density at radius 3 is 2.62 bits per heavy atom. The minimum absolute atomic E-state index is 0.00102. The Morgan fingerprint density at radius 1 is 1.17 bits per heavy atom. The molecule has 8 nitrogen and oxygen atoms in total. The topological polar surface area (TPSA) is 96.5 Å². The summed E-state index contributed by atoms with van der Waals surface area (Å²) in [5, 5.41) is 6.24. The molecule has 3 rings (SSSR count). The molecule has 0 spiro atoms. The van der Waals surface area contributed by atoms with Crippen LogP contribution in [0.25, 0.3) is 0 Å². The van der Waals surface area contributed by atoms with Crippen molar-refractivity contribution in [2.75, 3.05) is 25.0 Å². The zero-order chi connectivity index (χ0) is 20.8. The van der Waals surface area contributed by atoms with E-state index in [9.17, 15) is 9.59 Å². The lowest BCUT2D eigenvalue weighted by Crippen LogP contribution is -2.46. The molecular weight excluding hydrogens is 370 g/mol. The van der Waals surface area contributed by atoms with E-state index in [0.717, 1.165) is 11.3 Å². The normalized spacial score (nSPS) is 14.4. The van der Waals surface area contributed by atoms with Crippen LogP contribution in [0.3, 0.4) is 0 Å². The molecule has 2 aromatic rings. The first-order chi connectivity index (χ1) is 14.0. The van der Waals surface area contributed by atoms with Crippen molar-refractivity contribution in [3.05, 3.63) is 47.4 Å². The number of aryl methyl sites for hydroxylation is 2. The molecular formula is C21H27N5O3. The third-order valence-electron chi connectivity index (χ3n) is 4.90. The lowest BCUT2D eigenvalue weighted by Gasteiger charge is -2.31. The van der Waals surface area contributed by atoms with Crippen LogP contribution in [0.2, 0.25) is 0 Å². The second kappa shape index (κ2) is 9.36. The molecule has 0 aliphatic carbocycles. The summed E-state index contributed by atoms with van der Waals surface area (Å²) in [6.45, 7) is 7.34. The van der Waals surface area contributed by atoms with E-state index in [4.69, 9.17) is 4.74 Å². The van der Waals surface area contributed by atoms with Crippen LogP contribution in [-0.4, -0.2) is 52.6 Å². The first kappa shape index (κ1) is 20.6. The first-order valence-corrected chi connectivity index (χ1v) is 9.85. The van der Waals surface area contributed by atoms with Gasteiger partial charge in [0.1, 0.15) is 17.8 Å². The number of nitrogens with one attached hydrogen (secondary N) is 2. The number of hydrogen-bond acceptors (Lipinski definition) is 6. The highest BCUT2D eigenvalue weighted by Gasteiger charge is 2.25. The molecule has 2 amide bonds. The summed E-state index contributed by atoms with van der Waals surface area (Å²) in [5.74, 6) is 0.319. The molecule has 1 aliphatic rings. The van der Waals surface area contributed by atoms with Gasteiger partial charge < -0.3 is 20.3 Å². The second-order valence-electron chi connectivity index (χ2n) is 7.17. The Kier molecular flexibility index (Phi) is 6.64. The molecule has 0 radical (unpaired) electrons. The average molecular weight is 397 g/mol. The molecule has 0 bridgehead atoms. The highest BCUT2D eigenvalue weighted by Crippen LogP contribution is 2.20. The van der Waals surface area contributed by atoms with Gasteiger partial charge in [0, 0.05) is 30.9 Å². The quantitative estimate of drug-likeness (QED) is 0.804. The summed E-state index contributed by atoms with van der Waals surface area (Å²) in [7, 11) is 0. The highest BCUT2D eigenvalue weighted by atomic mass is 16.6. The predicted octanol–water partition coefficient (Wildman–Crippen LogP) is 3.19. The van der Waals surface area contributed by atoms with Crippen LogP contribution in [0.5, 0.6) is 0 Å². The van der Waals surface area contributed by atoms with Crippen molar-refractivity contribution in [3.63, 3.8) is 0 Å². The van der Waals surface area contributed by atoms with E-state index >= 15 is 0 Å². The van der Waals surface area contributed by atoms with E-state index in [1.54, 1.807) is 17.9 Å². The van der Waals surface area contributed by atoms with Gasteiger partial charge in [0.25, 0.3) is 5.91 Å². The smallest absolute Gasteiger partial charge is 0.409 e. The van der Waals surface area contributed by atoms with Gasteiger partial charge in [-0.25, -0.2) is 14.8 Å². The van der Waals surface area contributed by atoms with Crippen LogP contribution >= 0.6 is 0 Å². The number of ether oxygens (including phenoxy) is 1. The van der Waals surface area contributed by atoms with E-state index < -0.39 is 0 Å². The summed E-state index contributed by atoms with van der Waals surface area (Å²) in [6, 6.07) is 7.73. The summed E-state index contributed by atoms with van der Waals surface area (Å²) >= 11 is 0. The summed E-state index contributed by atoms with van der Waals surface area (Å²) in [4.78, 5) is 34.4. The van der Waals surface area contributed by atoms with Gasteiger partial charge in [-0.2, -0.15) is 0 Å².